The highest BCUT2D eigenvalue weighted by atomic mass is 16.2. The van der Waals surface area contributed by atoms with Gasteiger partial charge < -0.3 is 4.98 Å². The summed E-state index contributed by atoms with van der Waals surface area (Å²) < 4.78 is 3.05. The summed E-state index contributed by atoms with van der Waals surface area (Å²) in [6, 6.07) is 0. The van der Waals surface area contributed by atoms with E-state index in [2.05, 4.69) is 15.0 Å². The van der Waals surface area contributed by atoms with Gasteiger partial charge in [-0.1, -0.05) is 0 Å². The first kappa shape index (κ1) is 9.88. The summed E-state index contributed by atoms with van der Waals surface area (Å²) >= 11 is 0. The summed E-state index contributed by atoms with van der Waals surface area (Å²) in [5.74, 6) is 0.571. The molecule has 0 fully saturated rings. The number of hydrogen-bond acceptors (Lipinski definition) is 3. The van der Waals surface area contributed by atoms with Gasteiger partial charge in [0.2, 0.25) is 5.78 Å². The molecule has 0 unspecified atom stereocenters. The van der Waals surface area contributed by atoms with Crippen molar-refractivity contribution in [3.8, 4) is 0 Å². The van der Waals surface area contributed by atoms with E-state index < -0.39 is 11.2 Å². The predicted molar refractivity (Wildman–Crippen MR) is 62.4 cm³/mol. The van der Waals surface area contributed by atoms with Crippen LogP contribution in [0.1, 0.15) is 11.4 Å². The zero-order chi connectivity index (χ0) is 12.3. The number of rotatable bonds is 0. The van der Waals surface area contributed by atoms with Crippen LogP contribution in [0.25, 0.3) is 16.9 Å². The van der Waals surface area contributed by atoms with Crippen molar-refractivity contribution in [1.29, 1.82) is 0 Å². The smallest absolute Gasteiger partial charge is 0.327 e. The van der Waals surface area contributed by atoms with E-state index in [4.69, 9.17) is 0 Å². The summed E-state index contributed by atoms with van der Waals surface area (Å²) in [7, 11) is 1.58. The molecule has 0 saturated heterocycles. The maximum absolute atomic E-state index is 11.8. The maximum Gasteiger partial charge on any atom is 0.329 e. The van der Waals surface area contributed by atoms with Crippen molar-refractivity contribution in [2.24, 2.45) is 7.05 Å². The molecule has 0 spiro atoms. The molecule has 3 aromatic rings. The third-order valence-electron chi connectivity index (χ3n) is 3.09. The van der Waals surface area contributed by atoms with Crippen LogP contribution < -0.4 is 11.2 Å². The van der Waals surface area contributed by atoms with E-state index in [-0.39, 0.29) is 0 Å². The first-order chi connectivity index (χ1) is 8.00. The van der Waals surface area contributed by atoms with Crippen molar-refractivity contribution in [3.63, 3.8) is 0 Å². The Kier molecular flexibility index (Phi) is 1.67. The summed E-state index contributed by atoms with van der Waals surface area (Å²) in [6.45, 7) is 3.80. The van der Waals surface area contributed by atoms with Gasteiger partial charge in [-0.25, -0.2) is 4.79 Å². The number of aromatic nitrogens is 5. The molecule has 3 aromatic heterocycles. The van der Waals surface area contributed by atoms with E-state index >= 15 is 0 Å². The fourth-order valence-electron chi connectivity index (χ4n) is 2.02. The van der Waals surface area contributed by atoms with E-state index in [0.717, 1.165) is 11.4 Å². The van der Waals surface area contributed by atoms with Gasteiger partial charge in [0.1, 0.15) is 0 Å². The Bertz CT molecular complexity index is 861. The Morgan fingerprint density at radius 1 is 1.18 bits per heavy atom. The van der Waals surface area contributed by atoms with Crippen molar-refractivity contribution in [2.45, 2.75) is 13.8 Å². The van der Waals surface area contributed by atoms with Crippen molar-refractivity contribution < 1.29 is 0 Å². The lowest BCUT2D eigenvalue weighted by atomic mass is 10.4. The van der Waals surface area contributed by atoms with Gasteiger partial charge in [0.25, 0.3) is 5.56 Å². The average molecular weight is 233 g/mol. The SMILES string of the molecule is Cc1[nH]c2nc3c(c(=O)[nH]c(=O)n3C)n2c1C. The maximum atomic E-state index is 11.8. The molecule has 0 aliphatic carbocycles. The summed E-state index contributed by atoms with van der Waals surface area (Å²) in [5.41, 5.74) is 1.75. The molecule has 0 radical (unpaired) electrons. The number of hydrogen-bond donors (Lipinski definition) is 2. The normalized spacial score (nSPS) is 11.7. The highest BCUT2D eigenvalue weighted by Crippen LogP contribution is 2.15. The molecular weight excluding hydrogens is 222 g/mol. The van der Waals surface area contributed by atoms with Gasteiger partial charge in [-0.15, -0.1) is 0 Å². The molecule has 0 amide bonds. The molecule has 2 N–H and O–H groups in total. The number of fused-ring (bicyclic) bond motifs is 3. The summed E-state index contributed by atoms with van der Waals surface area (Å²) in [6.07, 6.45) is 0. The second kappa shape index (κ2) is 2.88. The molecule has 3 heterocycles. The van der Waals surface area contributed by atoms with Crippen LogP contribution in [0.15, 0.2) is 9.59 Å². The van der Waals surface area contributed by atoms with Crippen LogP contribution in [0.5, 0.6) is 0 Å². The van der Waals surface area contributed by atoms with Gasteiger partial charge in [0, 0.05) is 18.4 Å². The Hall–Kier alpha value is -2.31. The lowest BCUT2D eigenvalue weighted by Gasteiger charge is -1.98. The van der Waals surface area contributed by atoms with Gasteiger partial charge >= 0.3 is 5.69 Å². The molecule has 0 aromatic carbocycles. The van der Waals surface area contributed by atoms with Gasteiger partial charge in [0.15, 0.2) is 11.2 Å². The molecule has 0 aliphatic rings. The number of aromatic amines is 2. The first-order valence-corrected chi connectivity index (χ1v) is 5.17. The monoisotopic (exact) mass is 233 g/mol. The van der Waals surface area contributed by atoms with E-state index in [0.29, 0.717) is 16.9 Å². The number of H-pyrrole nitrogens is 2. The van der Waals surface area contributed by atoms with Crippen LogP contribution in [0, 0.1) is 13.8 Å². The predicted octanol–water partition coefficient (Wildman–Crippen LogP) is -0.181. The minimum absolute atomic E-state index is 0.383. The van der Waals surface area contributed by atoms with Crippen LogP contribution in [0.4, 0.5) is 0 Å². The molecule has 3 rings (SSSR count). The van der Waals surface area contributed by atoms with E-state index in [9.17, 15) is 9.59 Å². The summed E-state index contributed by atoms with van der Waals surface area (Å²) in [5, 5.41) is 0. The average Bonchev–Trinajstić information content (AvgIpc) is 2.75. The third kappa shape index (κ3) is 1.08. The van der Waals surface area contributed by atoms with E-state index in [1.165, 1.54) is 4.57 Å². The molecule has 0 saturated carbocycles. The highest BCUT2D eigenvalue weighted by Gasteiger charge is 2.16. The molecule has 0 bridgehead atoms. The molecule has 17 heavy (non-hydrogen) atoms. The van der Waals surface area contributed by atoms with Crippen LogP contribution in [-0.2, 0) is 7.05 Å². The van der Waals surface area contributed by atoms with E-state index in [1.807, 2.05) is 13.8 Å². The highest BCUT2D eigenvalue weighted by molar-refractivity contribution is 5.75. The molecule has 88 valence electrons. The Morgan fingerprint density at radius 3 is 2.59 bits per heavy atom. The Morgan fingerprint density at radius 2 is 1.88 bits per heavy atom. The number of nitrogens with one attached hydrogen (secondary N) is 2. The zero-order valence-electron chi connectivity index (χ0n) is 9.66. The quantitative estimate of drug-likeness (QED) is 0.564. The molecule has 7 nitrogen and oxygen atoms in total. The number of nitrogens with zero attached hydrogens (tertiary/aromatic N) is 3. The van der Waals surface area contributed by atoms with Gasteiger partial charge in [-0.3, -0.25) is 18.7 Å². The largest absolute Gasteiger partial charge is 0.329 e. The van der Waals surface area contributed by atoms with Crippen LogP contribution in [-0.4, -0.2) is 23.9 Å². The number of imidazole rings is 2. The molecule has 0 atom stereocenters. The van der Waals surface area contributed by atoms with Gasteiger partial charge in [-0.05, 0) is 13.8 Å². The van der Waals surface area contributed by atoms with Crippen molar-refractivity contribution in [1.82, 2.24) is 23.9 Å². The second-order valence-electron chi connectivity index (χ2n) is 4.10. The van der Waals surface area contributed by atoms with Crippen LogP contribution >= 0.6 is 0 Å². The van der Waals surface area contributed by atoms with Crippen LogP contribution in [0.3, 0.4) is 0 Å². The Balaban J connectivity index is 2.74. The third-order valence-corrected chi connectivity index (χ3v) is 3.09. The topological polar surface area (TPSA) is 87.9 Å². The lowest BCUT2D eigenvalue weighted by Crippen LogP contribution is -2.28. The fourth-order valence-corrected chi connectivity index (χ4v) is 2.02. The lowest BCUT2D eigenvalue weighted by molar-refractivity contribution is 0.831. The first-order valence-electron chi connectivity index (χ1n) is 5.17. The van der Waals surface area contributed by atoms with Crippen molar-refractivity contribution >= 4 is 16.9 Å². The van der Waals surface area contributed by atoms with Gasteiger partial charge in [0.05, 0.1) is 0 Å². The molecule has 0 aliphatic heterocycles. The minimum atomic E-state index is -0.461. The zero-order valence-corrected chi connectivity index (χ0v) is 9.66. The van der Waals surface area contributed by atoms with E-state index in [1.54, 1.807) is 11.4 Å². The standard InChI is InChI=1S/C10H11N5O2/c1-4-5(2)15-6-7(12-9(15)11-4)14(3)10(17)13-8(6)16/h1-3H3,(H,11,12)(H,13,16,17). The minimum Gasteiger partial charge on any atom is -0.327 e. The fraction of sp³-hybridized carbons (Fsp3) is 0.300. The van der Waals surface area contributed by atoms with Crippen molar-refractivity contribution in [3.05, 3.63) is 32.2 Å². The molecule has 7 heteroatoms. The second-order valence-corrected chi connectivity index (χ2v) is 4.10. The van der Waals surface area contributed by atoms with Crippen molar-refractivity contribution in [2.75, 3.05) is 0 Å². The number of aryl methyl sites for hydroxylation is 3. The summed E-state index contributed by atoms with van der Waals surface area (Å²) in [4.78, 5) is 32.9. The van der Waals surface area contributed by atoms with Crippen LogP contribution in [0.2, 0.25) is 0 Å². The Labute approximate surface area is 94.7 Å². The molecular formula is C10H11N5O2. The van der Waals surface area contributed by atoms with Gasteiger partial charge in [-0.2, -0.15) is 4.98 Å².